The van der Waals surface area contributed by atoms with Gasteiger partial charge in [0.25, 0.3) is 5.78 Å². The number of carbonyl (C=O) groups excluding carboxylic acids is 1. The zero-order valence-electron chi connectivity index (χ0n) is 9.46. The number of aromatic nitrogens is 4. The topological polar surface area (TPSA) is 69.4 Å². The van der Waals surface area contributed by atoms with Gasteiger partial charge >= 0.3 is 5.97 Å². The van der Waals surface area contributed by atoms with Crippen molar-refractivity contribution >= 4 is 11.7 Å². The second-order valence-electron chi connectivity index (χ2n) is 4.02. The molecule has 0 bridgehead atoms. The SMILES string of the molecule is CCOC(=O)c1cnc2ncnn2c1C1CC1. The Morgan fingerprint density at radius 2 is 2.35 bits per heavy atom. The van der Waals surface area contributed by atoms with E-state index in [9.17, 15) is 4.79 Å². The second-order valence-corrected chi connectivity index (χ2v) is 4.02. The Hall–Kier alpha value is -1.98. The summed E-state index contributed by atoms with van der Waals surface area (Å²) >= 11 is 0. The van der Waals surface area contributed by atoms with E-state index in [0.717, 1.165) is 18.5 Å². The van der Waals surface area contributed by atoms with Crippen molar-refractivity contribution in [3.05, 3.63) is 23.8 Å². The first-order chi connectivity index (χ1) is 8.31. The van der Waals surface area contributed by atoms with E-state index in [0.29, 0.717) is 23.9 Å². The van der Waals surface area contributed by atoms with E-state index in [2.05, 4.69) is 15.1 Å². The predicted octanol–water partition coefficient (Wildman–Crippen LogP) is 1.18. The average Bonchev–Trinajstić information content (AvgIpc) is 3.05. The van der Waals surface area contributed by atoms with Gasteiger partial charge in [0.15, 0.2) is 0 Å². The number of esters is 1. The molecular weight excluding hydrogens is 220 g/mol. The van der Waals surface area contributed by atoms with E-state index in [4.69, 9.17) is 4.74 Å². The molecule has 0 atom stereocenters. The minimum atomic E-state index is -0.334. The Balaban J connectivity index is 2.16. The summed E-state index contributed by atoms with van der Waals surface area (Å²) in [6, 6.07) is 0. The second kappa shape index (κ2) is 3.80. The van der Waals surface area contributed by atoms with Gasteiger partial charge in [-0.1, -0.05) is 0 Å². The van der Waals surface area contributed by atoms with Gasteiger partial charge in [-0.15, -0.1) is 0 Å². The van der Waals surface area contributed by atoms with Crippen molar-refractivity contribution < 1.29 is 9.53 Å². The largest absolute Gasteiger partial charge is 0.462 e. The molecule has 2 heterocycles. The van der Waals surface area contributed by atoms with Gasteiger partial charge in [-0.05, 0) is 19.8 Å². The van der Waals surface area contributed by atoms with Gasteiger partial charge in [-0.2, -0.15) is 10.1 Å². The van der Waals surface area contributed by atoms with Crippen LogP contribution in [0.25, 0.3) is 5.78 Å². The van der Waals surface area contributed by atoms with E-state index in [1.54, 1.807) is 11.4 Å². The van der Waals surface area contributed by atoms with E-state index in [1.807, 2.05) is 0 Å². The molecule has 2 aromatic heterocycles. The van der Waals surface area contributed by atoms with Crippen LogP contribution in [0.3, 0.4) is 0 Å². The Morgan fingerprint density at radius 1 is 1.53 bits per heavy atom. The zero-order valence-corrected chi connectivity index (χ0v) is 9.46. The van der Waals surface area contributed by atoms with Crippen LogP contribution in [0.4, 0.5) is 0 Å². The summed E-state index contributed by atoms with van der Waals surface area (Å²) in [5.74, 6) is 0.570. The van der Waals surface area contributed by atoms with Gasteiger partial charge in [0.2, 0.25) is 0 Å². The van der Waals surface area contributed by atoms with Crippen molar-refractivity contribution in [1.29, 1.82) is 0 Å². The van der Waals surface area contributed by atoms with Crippen LogP contribution in [-0.2, 0) is 4.74 Å². The fourth-order valence-electron chi connectivity index (χ4n) is 1.91. The molecule has 0 amide bonds. The molecule has 6 heteroatoms. The highest BCUT2D eigenvalue weighted by atomic mass is 16.5. The van der Waals surface area contributed by atoms with Gasteiger partial charge < -0.3 is 4.74 Å². The Bertz CT molecular complexity index is 574. The Kier molecular flexibility index (Phi) is 2.28. The Labute approximate surface area is 97.6 Å². The molecule has 1 saturated carbocycles. The van der Waals surface area contributed by atoms with Gasteiger partial charge in [-0.25, -0.2) is 14.3 Å². The molecule has 1 fully saturated rings. The number of fused-ring (bicyclic) bond motifs is 1. The highest BCUT2D eigenvalue weighted by molar-refractivity contribution is 5.90. The third-order valence-electron chi connectivity index (χ3n) is 2.80. The average molecular weight is 232 g/mol. The molecule has 1 aliphatic rings. The third-order valence-corrected chi connectivity index (χ3v) is 2.80. The molecule has 0 aromatic carbocycles. The van der Waals surface area contributed by atoms with E-state index >= 15 is 0 Å². The minimum absolute atomic E-state index is 0.334. The maximum Gasteiger partial charge on any atom is 0.341 e. The van der Waals surface area contributed by atoms with Crippen LogP contribution in [-0.4, -0.2) is 32.2 Å². The number of ether oxygens (including phenoxy) is 1. The molecule has 17 heavy (non-hydrogen) atoms. The van der Waals surface area contributed by atoms with Crippen LogP contribution in [0.5, 0.6) is 0 Å². The van der Waals surface area contributed by atoms with E-state index in [-0.39, 0.29) is 5.97 Å². The van der Waals surface area contributed by atoms with Crippen LogP contribution in [0.1, 0.15) is 41.7 Å². The maximum absolute atomic E-state index is 11.8. The maximum atomic E-state index is 11.8. The van der Waals surface area contributed by atoms with Crippen LogP contribution in [0.15, 0.2) is 12.5 Å². The number of rotatable bonds is 3. The molecule has 0 spiro atoms. The normalized spacial score (nSPS) is 15.1. The number of hydrogen-bond donors (Lipinski definition) is 0. The van der Waals surface area contributed by atoms with Crippen LogP contribution in [0, 0.1) is 0 Å². The monoisotopic (exact) mass is 232 g/mol. The summed E-state index contributed by atoms with van der Waals surface area (Å²) in [4.78, 5) is 20.0. The van der Waals surface area contributed by atoms with Crippen molar-refractivity contribution in [2.75, 3.05) is 6.61 Å². The zero-order chi connectivity index (χ0) is 11.8. The smallest absolute Gasteiger partial charge is 0.341 e. The summed E-state index contributed by atoms with van der Waals surface area (Å²) in [6.45, 7) is 2.15. The molecule has 2 aromatic rings. The number of hydrogen-bond acceptors (Lipinski definition) is 5. The molecule has 0 radical (unpaired) electrons. The molecule has 1 aliphatic carbocycles. The van der Waals surface area contributed by atoms with Crippen molar-refractivity contribution in [1.82, 2.24) is 19.6 Å². The van der Waals surface area contributed by atoms with Crippen LogP contribution in [0.2, 0.25) is 0 Å². The summed E-state index contributed by atoms with van der Waals surface area (Å²) < 4.78 is 6.67. The summed E-state index contributed by atoms with van der Waals surface area (Å²) in [5, 5.41) is 4.12. The molecule has 0 N–H and O–H groups in total. The quantitative estimate of drug-likeness (QED) is 0.743. The van der Waals surface area contributed by atoms with Crippen LogP contribution < -0.4 is 0 Å². The molecule has 0 aliphatic heterocycles. The van der Waals surface area contributed by atoms with Gasteiger partial charge in [0, 0.05) is 12.1 Å². The fraction of sp³-hybridized carbons (Fsp3) is 0.455. The molecule has 0 unspecified atom stereocenters. The predicted molar refractivity (Wildman–Crippen MR) is 58.7 cm³/mol. The molecule has 6 nitrogen and oxygen atoms in total. The minimum Gasteiger partial charge on any atom is -0.462 e. The lowest BCUT2D eigenvalue weighted by Gasteiger charge is -2.08. The molecule has 0 saturated heterocycles. The number of nitrogens with zero attached hydrogens (tertiary/aromatic N) is 4. The van der Waals surface area contributed by atoms with Crippen molar-refractivity contribution in [2.24, 2.45) is 0 Å². The van der Waals surface area contributed by atoms with Gasteiger partial charge in [-0.3, -0.25) is 0 Å². The summed E-state index contributed by atoms with van der Waals surface area (Å²) in [6.07, 6.45) is 5.13. The van der Waals surface area contributed by atoms with Gasteiger partial charge in [0.05, 0.1) is 17.9 Å². The first kappa shape index (κ1) is 10.2. The highest BCUT2D eigenvalue weighted by Gasteiger charge is 2.32. The van der Waals surface area contributed by atoms with E-state index in [1.165, 1.54) is 12.5 Å². The van der Waals surface area contributed by atoms with Gasteiger partial charge in [0.1, 0.15) is 6.33 Å². The number of carbonyl (C=O) groups is 1. The first-order valence-corrected chi connectivity index (χ1v) is 5.67. The first-order valence-electron chi connectivity index (χ1n) is 5.67. The van der Waals surface area contributed by atoms with Crippen molar-refractivity contribution in [2.45, 2.75) is 25.7 Å². The molecule has 88 valence electrons. The van der Waals surface area contributed by atoms with Crippen molar-refractivity contribution in [3.63, 3.8) is 0 Å². The lowest BCUT2D eigenvalue weighted by molar-refractivity contribution is 0.0523. The standard InChI is InChI=1S/C11H12N4O2/c1-2-17-10(16)8-5-12-11-13-6-14-15(11)9(8)7-3-4-7/h5-7H,2-4H2,1H3. The third kappa shape index (κ3) is 1.65. The summed E-state index contributed by atoms with van der Waals surface area (Å²) in [7, 11) is 0. The summed E-state index contributed by atoms with van der Waals surface area (Å²) in [5.41, 5.74) is 1.39. The highest BCUT2D eigenvalue weighted by Crippen LogP contribution is 2.41. The fourth-order valence-corrected chi connectivity index (χ4v) is 1.91. The Morgan fingerprint density at radius 3 is 3.06 bits per heavy atom. The molecular formula is C11H12N4O2. The lowest BCUT2D eigenvalue weighted by atomic mass is 10.1. The van der Waals surface area contributed by atoms with E-state index < -0.39 is 0 Å². The van der Waals surface area contributed by atoms with Crippen LogP contribution >= 0.6 is 0 Å². The van der Waals surface area contributed by atoms with Crippen molar-refractivity contribution in [3.8, 4) is 0 Å². The lowest BCUT2D eigenvalue weighted by Crippen LogP contribution is -2.13. The molecule has 3 rings (SSSR count).